The number of aryl methyl sites for hydroxylation is 2. The van der Waals surface area contributed by atoms with Crippen LogP contribution in [0.1, 0.15) is 49.3 Å². The number of rotatable bonds is 3. The summed E-state index contributed by atoms with van der Waals surface area (Å²) in [5.74, 6) is -0.881. The summed E-state index contributed by atoms with van der Waals surface area (Å²) in [6, 6.07) is 1.06. The Balaban J connectivity index is 1.81. The van der Waals surface area contributed by atoms with E-state index < -0.39 is 17.8 Å². The molecule has 0 unspecified atom stereocenters. The van der Waals surface area contributed by atoms with Crippen LogP contribution in [0.2, 0.25) is 0 Å². The molecule has 1 saturated heterocycles. The number of carbonyl (C=O) groups excluding carboxylic acids is 3. The minimum absolute atomic E-state index is 0.0107. The maximum Gasteiger partial charge on any atom is 0.334 e. The number of carbonyl (C=O) groups is 3. The lowest BCUT2D eigenvalue weighted by Gasteiger charge is -2.28. The van der Waals surface area contributed by atoms with E-state index in [4.69, 9.17) is 0 Å². The molecule has 3 rings (SSSR count). The van der Waals surface area contributed by atoms with Crippen LogP contribution in [0.4, 0.5) is 4.79 Å². The van der Waals surface area contributed by atoms with Crippen molar-refractivity contribution in [2.45, 2.75) is 58.5 Å². The van der Waals surface area contributed by atoms with Crippen molar-refractivity contribution in [1.29, 1.82) is 0 Å². The molecule has 1 aliphatic heterocycles. The highest BCUT2D eigenvalue weighted by atomic mass is 16.2. The molecule has 122 valence electrons. The van der Waals surface area contributed by atoms with Gasteiger partial charge in [0.25, 0.3) is 0 Å². The molecule has 7 heteroatoms. The van der Waals surface area contributed by atoms with Crippen LogP contribution in [0.15, 0.2) is 6.07 Å². The summed E-state index contributed by atoms with van der Waals surface area (Å²) in [5.41, 5.74) is 1.33. The van der Waals surface area contributed by atoms with Crippen LogP contribution >= 0.6 is 0 Å². The molecule has 1 aromatic heterocycles. The second-order valence-corrected chi connectivity index (χ2v) is 6.19. The van der Waals surface area contributed by atoms with Crippen LogP contribution in [-0.4, -0.2) is 43.7 Å². The first kappa shape index (κ1) is 15.6. The van der Waals surface area contributed by atoms with Gasteiger partial charge >= 0.3 is 17.8 Å². The number of aromatic nitrogens is 2. The monoisotopic (exact) mass is 316 g/mol. The first-order valence-corrected chi connectivity index (χ1v) is 7.97. The van der Waals surface area contributed by atoms with Crippen LogP contribution in [0.3, 0.4) is 0 Å². The lowest BCUT2D eigenvalue weighted by molar-refractivity contribution is -0.144. The van der Waals surface area contributed by atoms with Crippen molar-refractivity contribution in [3.05, 3.63) is 23.3 Å². The van der Waals surface area contributed by atoms with Gasteiger partial charge in [0.05, 0.1) is 12.2 Å². The molecule has 0 N–H and O–H groups in total. The maximum atomic E-state index is 12.6. The Morgan fingerprint density at radius 2 is 1.74 bits per heavy atom. The average Bonchev–Trinajstić information content (AvgIpc) is 2.71. The Kier molecular flexibility index (Phi) is 4.11. The van der Waals surface area contributed by atoms with Gasteiger partial charge in [-0.25, -0.2) is 19.7 Å². The van der Waals surface area contributed by atoms with E-state index in [0.29, 0.717) is 11.5 Å². The molecule has 7 nitrogen and oxygen atoms in total. The largest absolute Gasteiger partial charge is 0.334 e. The number of hydrogen-bond acceptors (Lipinski definition) is 5. The van der Waals surface area contributed by atoms with Crippen molar-refractivity contribution in [3.63, 3.8) is 0 Å². The minimum Gasteiger partial charge on any atom is -0.263 e. The Bertz CT molecular complexity index is 647. The highest BCUT2D eigenvalue weighted by Crippen LogP contribution is 2.27. The molecule has 2 fully saturated rings. The zero-order valence-electron chi connectivity index (χ0n) is 13.4. The second kappa shape index (κ2) is 6.06. The van der Waals surface area contributed by atoms with E-state index in [0.717, 1.165) is 47.6 Å². The number of imide groups is 2. The molecule has 0 bridgehead atoms. The molecule has 2 aliphatic rings. The van der Waals surface area contributed by atoms with Gasteiger partial charge < -0.3 is 0 Å². The molecule has 1 aliphatic carbocycles. The van der Waals surface area contributed by atoms with Crippen molar-refractivity contribution in [3.8, 4) is 0 Å². The van der Waals surface area contributed by atoms with E-state index in [1.807, 2.05) is 6.92 Å². The third kappa shape index (κ3) is 2.95. The lowest BCUT2D eigenvalue weighted by atomic mass is 9.94. The van der Waals surface area contributed by atoms with E-state index in [1.54, 1.807) is 13.0 Å². The fourth-order valence-corrected chi connectivity index (χ4v) is 3.36. The van der Waals surface area contributed by atoms with Gasteiger partial charge in [0.1, 0.15) is 5.82 Å². The number of urea groups is 1. The highest BCUT2D eigenvalue weighted by molar-refractivity contribution is 6.44. The molecule has 2 heterocycles. The molecule has 23 heavy (non-hydrogen) atoms. The van der Waals surface area contributed by atoms with Crippen molar-refractivity contribution < 1.29 is 14.4 Å². The normalized spacial score (nSPS) is 19.8. The van der Waals surface area contributed by atoms with Gasteiger partial charge in [-0.15, -0.1) is 0 Å². The zero-order valence-corrected chi connectivity index (χ0v) is 13.4. The van der Waals surface area contributed by atoms with Gasteiger partial charge in [0.2, 0.25) is 0 Å². The summed E-state index contributed by atoms with van der Waals surface area (Å²) in [5, 5.41) is 0. The van der Waals surface area contributed by atoms with Gasteiger partial charge in [-0.05, 0) is 32.8 Å². The molecule has 4 amide bonds. The van der Waals surface area contributed by atoms with Crippen molar-refractivity contribution >= 4 is 17.8 Å². The minimum atomic E-state index is -0.755. The quantitative estimate of drug-likeness (QED) is 0.626. The molecule has 0 atom stereocenters. The molecule has 0 aromatic carbocycles. The molecule has 1 aromatic rings. The fourth-order valence-electron chi connectivity index (χ4n) is 3.36. The van der Waals surface area contributed by atoms with E-state index in [-0.39, 0.29) is 12.6 Å². The van der Waals surface area contributed by atoms with Gasteiger partial charge in [-0.3, -0.25) is 14.5 Å². The summed E-state index contributed by atoms with van der Waals surface area (Å²) in [7, 11) is 0. The zero-order chi connectivity index (χ0) is 16.6. The lowest BCUT2D eigenvalue weighted by Crippen LogP contribution is -2.42. The van der Waals surface area contributed by atoms with Crippen LogP contribution in [-0.2, 0) is 16.1 Å². The number of hydrogen-bond donors (Lipinski definition) is 0. The molecule has 0 spiro atoms. The molecular formula is C16H20N4O3. The van der Waals surface area contributed by atoms with Gasteiger partial charge in [0.15, 0.2) is 0 Å². The standard InChI is InChI=1S/C16H20N4O3/c1-10-8-12(18-11(2)17-10)9-19-14(21)15(22)20(16(19)23)13-6-4-3-5-7-13/h8,13H,3-7,9H2,1-2H3. The van der Waals surface area contributed by atoms with E-state index in [9.17, 15) is 14.4 Å². The van der Waals surface area contributed by atoms with Crippen molar-refractivity contribution in [1.82, 2.24) is 19.8 Å². The summed E-state index contributed by atoms with van der Waals surface area (Å²) in [6.07, 6.45) is 4.65. The summed E-state index contributed by atoms with van der Waals surface area (Å²) < 4.78 is 0. The molecule has 1 saturated carbocycles. The van der Waals surface area contributed by atoms with E-state index >= 15 is 0 Å². The number of amides is 4. The highest BCUT2D eigenvalue weighted by Gasteiger charge is 2.47. The SMILES string of the molecule is Cc1cc(CN2C(=O)C(=O)N(C3CCCCC3)C2=O)nc(C)n1. The van der Waals surface area contributed by atoms with Crippen molar-refractivity contribution in [2.24, 2.45) is 0 Å². The topological polar surface area (TPSA) is 83.5 Å². The Labute approximate surface area is 134 Å². The summed E-state index contributed by atoms with van der Waals surface area (Å²) >= 11 is 0. The Hall–Kier alpha value is -2.31. The Morgan fingerprint density at radius 3 is 2.39 bits per heavy atom. The molecular weight excluding hydrogens is 296 g/mol. The van der Waals surface area contributed by atoms with Crippen LogP contribution in [0.25, 0.3) is 0 Å². The summed E-state index contributed by atoms with van der Waals surface area (Å²) in [4.78, 5) is 47.6. The fraction of sp³-hybridized carbons (Fsp3) is 0.562. The predicted molar refractivity (Wildman–Crippen MR) is 81.2 cm³/mol. The first-order chi connectivity index (χ1) is 11.0. The third-order valence-corrected chi connectivity index (χ3v) is 4.36. The third-order valence-electron chi connectivity index (χ3n) is 4.36. The van der Waals surface area contributed by atoms with Gasteiger partial charge in [0, 0.05) is 11.7 Å². The first-order valence-electron chi connectivity index (χ1n) is 7.97. The molecule has 0 radical (unpaired) electrons. The maximum absolute atomic E-state index is 12.6. The van der Waals surface area contributed by atoms with Crippen LogP contribution in [0, 0.1) is 13.8 Å². The van der Waals surface area contributed by atoms with E-state index in [1.165, 1.54) is 0 Å². The van der Waals surface area contributed by atoms with Gasteiger partial charge in [-0.1, -0.05) is 19.3 Å². The van der Waals surface area contributed by atoms with Crippen molar-refractivity contribution in [2.75, 3.05) is 0 Å². The van der Waals surface area contributed by atoms with Gasteiger partial charge in [-0.2, -0.15) is 0 Å². The number of nitrogens with zero attached hydrogens (tertiary/aromatic N) is 4. The second-order valence-electron chi connectivity index (χ2n) is 6.19. The smallest absolute Gasteiger partial charge is 0.263 e. The van der Waals surface area contributed by atoms with Crippen LogP contribution in [0.5, 0.6) is 0 Å². The predicted octanol–water partition coefficient (Wildman–Crippen LogP) is 1.72. The summed E-state index contributed by atoms with van der Waals surface area (Å²) in [6.45, 7) is 3.59. The Morgan fingerprint density at radius 1 is 1.04 bits per heavy atom. The average molecular weight is 316 g/mol. The van der Waals surface area contributed by atoms with Crippen LogP contribution < -0.4 is 0 Å². The van der Waals surface area contributed by atoms with E-state index in [2.05, 4.69) is 9.97 Å².